The Hall–Kier alpha value is -2.70. The molecule has 0 radical (unpaired) electrons. The summed E-state index contributed by atoms with van der Waals surface area (Å²) in [6, 6.07) is 7.22. The number of carbonyl (C=O) groups excluding carboxylic acids is 2. The Balaban J connectivity index is 1.47. The topological polar surface area (TPSA) is 97.1 Å². The van der Waals surface area contributed by atoms with Crippen molar-refractivity contribution >= 4 is 17.5 Å². The molecule has 0 unspecified atom stereocenters. The van der Waals surface area contributed by atoms with Crippen LogP contribution in [-0.2, 0) is 15.0 Å². The van der Waals surface area contributed by atoms with Crippen LogP contribution in [0.3, 0.4) is 0 Å². The SMILES string of the molecule is CC(C)(C)c1nc(-c2ccc(NC(=O)CNC(=O)CC3CCCCC3)cc2)no1. The molecule has 0 aliphatic heterocycles. The van der Waals surface area contributed by atoms with Crippen molar-refractivity contribution in [2.24, 2.45) is 5.92 Å². The molecule has 2 aromatic rings. The summed E-state index contributed by atoms with van der Waals surface area (Å²) in [5.41, 5.74) is 1.25. The maximum Gasteiger partial charge on any atom is 0.243 e. The number of nitrogens with zero attached hydrogens (tertiary/aromatic N) is 2. The molecule has 1 fully saturated rings. The maximum atomic E-state index is 12.1. The van der Waals surface area contributed by atoms with Gasteiger partial charge in [-0.2, -0.15) is 4.98 Å². The Kier molecular flexibility index (Phi) is 6.67. The van der Waals surface area contributed by atoms with E-state index in [1.165, 1.54) is 19.3 Å². The minimum atomic E-state index is -0.246. The van der Waals surface area contributed by atoms with Crippen molar-refractivity contribution in [1.82, 2.24) is 15.5 Å². The highest BCUT2D eigenvalue weighted by atomic mass is 16.5. The molecule has 0 bridgehead atoms. The minimum Gasteiger partial charge on any atom is -0.347 e. The van der Waals surface area contributed by atoms with E-state index in [2.05, 4.69) is 20.8 Å². The molecule has 1 aliphatic carbocycles. The standard InChI is InChI=1S/C22H30N4O3/c1-22(2,3)21-25-20(26-29-21)16-9-11-17(12-10-16)24-19(28)14-23-18(27)13-15-7-5-4-6-8-15/h9-12,15H,4-8,13-14H2,1-3H3,(H,23,27)(H,24,28). The lowest BCUT2D eigenvalue weighted by atomic mass is 9.87. The fourth-order valence-electron chi connectivity index (χ4n) is 3.46. The van der Waals surface area contributed by atoms with Crippen LogP contribution in [0.4, 0.5) is 5.69 Å². The summed E-state index contributed by atoms with van der Waals surface area (Å²) in [7, 11) is 0. The zero-order valence-corrected chi connectivity index (χ0v) is 17.5. The second kappa shape index (κ2) is 9.20. The predicted octanol–water partition coefficient (Wildman–Crippen LogP) is 4.06. The molecule has 3 rings (SSSR count). The Morgan fingerprint density at radius 2 is 1.76 bits per heavy atom. The summed E-state index contributed by atoms with van der Waals surface area (Å²) < 4.78 is 5.32. The number of hydrogen-bond donors (Lipinski definition) is 2. The van der Waals surface area contributed by atoms with Crippen LogP contribution < -0.4 is 10.6 Å². The molecule has 7 heteroatoms. The van der Waals surface area contributed by atoms with Gasteiger partial charge in [0, 0.05) is 23.1 Å². The summed E-state index contributed by atoms with van der Waals surface area (Å²) in [5, 5.41) is 9.53. The van der Waals surface area contributed by atoms with Gasteiger partial charge in [0.1, 0.15) is 0 Å². The number of benzene rings is 1. The molecule has 1 heterocycles. The average Bonchev–Trinajstić information content (AvgIpc) is 3.19. The first-order valence-electron chi connectivity index (χ1n) is 10.3. The number of anilines is 1. The number of carbonyl (C=O) groups is 2. The van der Waals surface area contributed by atoms with E-state index in [-0.39, 0.29) is 23.8 Å². The van der Waals surface area contributed by atoms with Gasteiger partial charge in [0.2, 0.25) is 23.5 Å². The first-order valence-corrected chi connectivity index (χ1v) is 10.3. The number of rotatable bonds is 6. The maximum absolute atomic E-state index is 12.1. The van der Waals surface area contributed by atoms with Crippen LogP contribution in [0.2, 0.25) is 0 Å². The van der Waals surface area contributed by atoms with Crippen molar-refractivity contribution in [3.05, 3.63) is 30.2 Å². The van der Waals surface area contributed by atoms with Crippen molar-refractivity contribution in [3.63, 3.8) is 0 Å². The van der Waals surface area contributed by atoms with Crippen LogP contribution in [0.15, 0.2) is 28.8 Å². The Morgan fingerprint density at radius 3 is 2.38 bits per heavy atom. The molecule has 0 atom stereocenters. The average molecular weight is 399 g/mol. The van der Waals surface area contributed by atoms with Crippen molar-refractivity contribution in [2.75, 3.05) is 11.9 Å². The van der Waals surface area contributed by atoms with Gasteiger partial charge < -0.3 is 15.2 Å². The van der Waals surface area contributed by atoms with Crippen LogP contribution >= 0.6 is 0 Å². The molecule has 29 heavy (non-hydrogen) atoms. The van der Waals surface area contributed by atoms with Gasteiger partial charge in [-0.25, -0.2) is 0 Å². The molecule has 0 spiro atoms. The lowest BCUT2D eigenvalue weighted by Crippen LogP contribution is -2.34. The number of hydrogen-bond acceptors (Lipinski definition) is 5. The summed E-state index contributed by atoms with van der Waals surface area (Å²) in [6.07, 6.45) is 6.42. The Labute approximate surface area is 171 Å². The van der Waals surface area contributed by atoms with Gasteiger partial charge in [-0.3, -0.25) is 9.59 Å². The molecular weight excluding hydrogens is 368 g/mol. The van der Waals surface area contributed by atoms with Crippen LogP contribution in [0, 0.1) is 5.92 Å². The third-order valence-corrected chi connectivity index (χ3v) is 5.14. The van der Waals surface area contributed by atoms with Crippen LogP contribution in [-0.4, -0.2) is 28.5 Å². The lowest BCUT2D eigenvalue weighted by molar-refractivity contribution is -0.125. The van der Waals surface area contributed by atoms with Gasteiger partial charge in [0.15, 0.2) is 0 Å². The number of amides is 2. The quantitative estimate of drug-likeness (QED) is 0.765. The third kappa shape index (κ3) is 6.14. The normalized spacial score (nSPS) is 15.1. The second-order valence-electron chi connectivity index (χ2n) is 8.78. The monoisotopic (exact) mass is 398 g/mol. The summed E-state index contributed by atoms with van der Waals surface area (Å²) in [6.45, 7) is 6.01. The van der Waals surface area contributed by atoms with Gasteiger partial charge in [0.25, 0.3) is 0 Å². The largest absolute Gasteiger partial charge is 0.347 e. The van der Waals surface area contributed by atoms with Gasteiger partial charge in [0.05, 0.1) is 6.54 Å². The Bertz CT molecular complexity index is 830. The van der Waals surface area contributed by atoms with Crippen molar-refractivity contribution in [2.45, 2.75) is 64.7 Å². The van der Waals surface area contributed by atoms with Crippen molar-refractivity contribution in [1.29, 1.82) is 0 Å². The first-order chi connectivity index (χ1) is 13.8. The van der Waals surface area contributed by atoms with E-state index in [4.69, 9.17) is 4.52 Å². The van der Waals surface area contributed by atoms with E-state index in [1.54, 1.807) is 12.1 Å². The number of nitrogens with one attached hydrogen (secondary N) is 2. The zero-order chi connectivity index (χ0) is 20.9. The molecule has 156 valence electrons. The summed E-state index contributed by atoms with van der Waals surface area (Å²) >= 11 is 0. The molecule has 0 saturated heterocycles. The van der Waals surface area contributed by atoms with E-state index in [0.717, 1.165) is 18.4 Å². The van der Waals surface area contributed by atoms with Gasteiger partial charge in [-0.15, -0.1) is 0 Å². The van der Waals surface area contributed by atoms with Crippen molar-refractivity contribution < 1.29 is 14.1 Å². The molecule has 1 aliphatic rings. The fraction of sp³-hybridized carbons (Fsp3) is 0.545. The summed E-state index contributed by atoms with van der Waals surface area (Å²) in [4.78, 5) is 28.6. The lowest BCUT2D eigenvalue weighted by Gasteiger charge is -2.20. The molecule has 7 nitrogen and oxygen atoms in total. The van der Waals surface area contributed by atoms with Crippen LogP contribution in [0.5, 0.6) is 0 Å². The van der Waals surface area contributed by atoms with Crippen LogP contribution in [0.25, 0.3) is 11.4 Å². The van der Waals surface area contributed by atoms with Gasteiger partial charge >= 0.3 is 0 Å². The minimum absolute atomic E-state index is 0.0207. The highest BCUT2D eigenvalue weighted by molar-refractivity contribution is 5.94. The van der Waals surface area contributed by atoms with Gasteiger partial charge in [-0.05, 0) is 43.0 Å². The summed E-state index contributed by atoms with van der Waals surface area (Å²) in [5.74, 6) is 1.26. The highest BCUT2D eigenvalue weighted by Gasteiger charge is 2.22. The van der Waals surface area contributed by atoms with E-state index in [0.29, 0.717) is 29.7 Å². The molecule has 1 aromatic heterocycles. The predicted molar refractivity (Wildman–Crippen MR) is 111 cm³/mol. The second-order valence-corrected chi connectivity index (χ2v) is 8.78. The number of aromatic nitrogens is 2. The first kappa shape index (κ1) is 21.0. The van der Waals surface area contributed by atoms with Crippen LogP contribution in [0.1, 0.15) is 65.2 Å². The molecule has 1 aromatic carbocycles. The Morgan fingerprint density at radius 1 is 1.07 bits per heavy atom. The molecule has 2 N–H and O–H groups in total. The van der Waals surface area contributed by atoms with Crippen molar-refractivity contribution in [3.8, 4) is 11.4 Å². The van der Waals surface area contributed by atoms with E-state index >= 15 is 0 Å². The highest BCUT2D eigenvalue weighted by Crippen LogP contribution is 2.26. The smallest absolute Gasteiger partial charge is 0.243 e. The van der Waals surface area contributed by atoms with E-state index < -0.39 is 0 Å². The molecular formula is C22H30N4O3. The zero-order valence-electron chi connectivity index (χ0n) is 17.5. The van der Waals surface area contributed by atoms with E-state index in [9.17, 15) is 9.59 Å². The van der Waals surface area contributed by atoms with E-state index in [1.807, 2.05) is 32.9 Å². The fourth-order valence-corrected chi connectivity index (χ4v) is 3.46. The van der Waals surface area contributed by atoms with Gasteiger partial charge in [-0.1, -0.05) is 45.2 Å². The molecule has 1 saturated carbocycles. The molecule has 2 amide bonds. The third-order valence-electron chi connectivity index (χ3n) is 5.14.